The fourth-order valence-electron chi connectivity index (χ4n) is 1.71. The lowest BCUT2D eigenvalue weighted by Crippen LogP contribution is -2.00. The van der Waals surface area contributed by atoms with Gasteiger partial charge in [0.25, 0.3) is 0 Å². The average Bonchev–Trinajstić information content (AvgIpc) is 2.36. The number of rotatable bonds is 3. The van der Waals surface area contributed by atoms with E-state index in [4.69, 9.17) is 0 Å². The van der Waals surface area contributed by atoms with Gasteiger partial charge in [0.1, 0.15) is 11.6 Å². The van der Waals surface area contributed by atoms with E-state index < -0.39 is 23.3 Å². The molecule has 0 aromatic heterocycles. The van der Waals surface area contributed by atoms with Gasteiger partial charge >= 0.3 is 0 Å². The van der Waals surface area contributed by atoms with Gasteiger partial charge in [-0.2, -0.15) is 0 Å². The second-order valence-electron chi connectivity index (χ2n) is 4.08. The predicted octanol–water partition coefficient (Wildman–Crippen LogP) is 4.92. The molecule has 100 valence electrons. The van der Waals surface area contributed by atoms with Crippen LogP contribution in [0.4, 0.5) is 17.6 Å². The molecule has 1 unspecified atom stereocenters. The summed E-state index contributed by atoms with van der Waals surface area (Å²) in [7, 11) is 0. The summed E-state index contributed by atoms with van der Waals surface area (Å²) in [5, 5.41) is 0. The lowest BCUT2D eigenvalue weighted by molar-refractivity contribution is 0.507. The van der Waals surface area contributed by atoms with Crippen molar-refractivity contribution >= 4 is 15.9 Å². The van der Waals surface area contributed by atoms with Crippen LogP contribution in [-0.2, 0) is 6.42 Å². The second kappa shape index (κ2) is 5.74. The third kappa shape index (κ3) is 3.35. The van der Waals surface area contributed by atoms with Crippen molar-refractivity contribution in [2.24, 2.45) is 0 Å². The van der Waals surface area contributed by atoms with Crippen molar-refractivity contribution in [1.82, 2.24) is 0 Å². The molecule has 0 aliphatic heterocycles. The van der Waals surface area contributed by atoms with Crippen molar-refractivity contribution in [2.45, 2.75) is 11.2 Å². The van der Waals surface area contributed by atoms with E-state index in [1.165, 1.54) is 12.1 Å². The van der Waals surface area contributed by atoms with Crippen molar-refractivity contribution in [3.63, 3.8) is 0 Å². The second-order valence-corrected chi connectivity index (χ2v) is 5.19. The molecule has 5 heteroatoms. The van der Waals surface area contributed by atoms with Gasteiger partial charge in [-0.15, -0.1) is 0 Å². The molecule has 0 heterocycles. The number of hydrogen-bond donors (Lipinski definition) is 0. The SMILES string of the molecule is Fc1ccc(CC(Br)c2ccc(F)c(F)c2)c(F)c1. The maximum atomic E-state index is 13.5. The van der Waals surface area contributed by atoms with Crippen LogP contribution in [0.15, 0.2) is 36.4 Å². The molecular weight excluding hydrogens is 324 g/mol. The van der Waals surface area contributed by atoms with E-state index in [2.05, 4.69) is 15.9 Å². The molecule has 0 aliphatic rings. The molecule has 0 saturated carbocycles. The molecule has 19 heavy (non-hydrogen) atoms. The Morgan fingerprint density at radius 3 is 2.21 bits per heavy atom. The van der Waals surface area contributed by atoms with Crippen molar-refractivity contribution in [3.05, 3.63) is 70.8 Å². The summed E-state index contributed by atoms with van der Waals surface area (Å²) in [6.07, 6.45) is 0.206. The predicted molar refractivity (Wildman–Crippen MR) is 68.1 cm³/mol. The van der Waals surface area contributed by atoms with E-state index in [9.17, 15) is 17.6 Å². The zero-order valence-corrected chi connectivity index (χ0v) is 11.2. The van der Waals surface area contributed by atoms with Crippen LogP contribution in [0.25, 0.3) is 0 Å². The van der Waals surface area contributed by atoms with Crippen molar-refractivity contribution < 1.29 is 17.6 Å². The maximum Gasteiger partial charge on any atom is 0.159 e. The molecule has 2 aromatic carbocycles. The fourth-order valence-corrected chi connectivity index (χ4v) is 2.34. The third-order valence-electron chi connectivity index (χ3n) is 2.72. The Morgan fingerprint density at radius 1 is 0.842 bits per heavy atom. The van der Waals surface area contributed by atoms with Gasteiger partial charge in [0, 0.05) is 10.9 Å². The van der Waals surface area contributed by atoms with Crippen LogP contribution in [0.1, 0.15) is 16.0 Å². The average molecular weight is 333 g/mol. The molecule has 0 nitrogen and oxygen atoms in total. The van der Waals surface area contributed by atoms with Crippen LogP contribution in [0.5, 0.6) is 0 Å². The summed E-state index contributed by atoms with van der Waals surface area (Å²) in [4.78, 5) is -0.387. The molecule has 1 atom stereocenters. The van der Waals surface area contributed by atoms with E-state index in [0.29, 0.717) is 11.1 Å². The van der Waals surface area contributed by atoms with E-state index in [1.807, 2.05) is 0 Å². The minimum Gasteiger partial charge on any atom is -0.207 e. The van der Waals surface area contributed by atoms with Gasteiger partial charge in [0.15, 0.2) is 11.6 Å². The Balaban J connectivity index is 2.20. The molecule has 0 bridgehead atoms. The van der Waals surface area contributed by atoms with Crippen LogP contribution in [0.3, 0.4) is 0 Å². The molecular formula is C14H9BrF4. The van der Waals surface area contributed by atoms with Gasteiger partial charge in [-0.3, -0.25) is 0 Å². The summed E-state index contributed by atoms with van der Waals surface area (Å²) < 4.78 is 52.1. The normalized spacial score (nSPS) is 12.5. The first kappa shape index (κ1) is 14.1. The molecule has 2 rings (SSSR count). The van der Waals surface area contributed by atoms with Crippen molar-refractivity contribution in [2.75, 3.05) is 0 Å². The minimum atomic E-state index is -0.957. The van der Waals surface area contributed by atoms with Gasteiger partial charge in [-0.05, 0) is 35.7 Å². The molecule has 0 amide bonds. The Bertz CT molecular complexity index is 598. The van der Waals surface area contributed by atoms with Gasteiger partial charge in [0.05, 0.1) is 0 Å². The van der Waals surface area contributed by atoms with Gasteiger partial charge in [0.2, 0.25) is 0 Å². The van der Waals surface area contributed by atoms with Crippen LogP contribution in [0.2, 0.25) is 0 Å². The van der Waals surface area contributed by atoms with Crippen LogP contribution in [0, 0.1) is 23.3 Å². The first-order chi connectivity index (χ1) is 8.97. The van der Waals surface area contributed by atoms with E-state index >= 15 is 0 Å². The quantitative estimate of drug-likeness (QED) is 0.552. The number of hydrogen-bond acceptors (Lipinski definition) is 0. The summed E-state index contributed by atoms with van der Waals surface area (Å²) in [6, 6.07) is 6.76. The number of benzene rings is 2. The van der Waals surface area contributed by atoms with Crippen molar-refractivity contribution in [3.8, 4) is 0 Å². The highest BCUT2D eigenvalue weighted by Crippen LogP contribution is 2.29. The standard InChI is InChI=1S/C14H9BrF4/c15-11(8-2-4-12(17)14(19)6-8)5-9-1-3-10(16)7-13(9)18/h1-4,6-7,11H,5H2. The highest BCUT2D eigenvalue weighted by Gasteiger charge is 2.14. The molecule has 0 aliphatic carbocycles. The zero-order valence-electron chi connectivity index (χ0n) is 9.64. The highest BCUT2D eigenvalue weighted by atomic mass is 79.9. The summed E-state index contributed by atoms with van der Waals surface area (Å²) in [6.45, 7) is 0. The molecule has 0 spiro atoms. The van der Waals surface area contributed by atoms with Crippen LogP contribution in [-0.4, -0.2) is 0 Å². The van der Waals surface area contributed by atoms with Crippen LogP contribution >= 0.6 is 15.9 Å². The Hall–Kier alpha value is -1.36. The smallest absolute Gasteiger partial charge is 0.159 e. The van der Waals surface area contributed by atoms with Crippen LogP contribution < -0.4 is 0 Å². The minimum absolute atomic E-state index is 0.206. The maximum absolute atomic E-state index is 13.5. The molecule has 0 radical (unpaired) electrons. The van der Waals surface area contributed by atoms with Gasteiger partial charge < -0.3 is 0 Å². The van der Waals surface area contributed by atoms with Gasteiger partial charge in [-0.25, -0.2) is 17.6 Å². The molecule has 0 N–H and O–H groups in total. The monoisotopic (exact) mass is 332 g/mol. The topological polar surface area (TPSA) is 0 Å². The first-order valence-corrected chi connectivity index (χ1v) is 6.42. The van der Waals surface area contributed by atoms with E-state index in [1.54, 1.807) is 0 Å². The molecule has 0 fully saturated rings. The highest BCUT2D eigenvalue weighted by molar-refractivity contribution is 9.09. The zero-order chi connectivity index (χ0) is 14.0. The largest absolute Gasteiger partial charge is 0.207 e. The third-order valence-corrected chi connectivity index (χ3v) is 3.57. The Labute approximate surface area is 116 Å². The first-order valence-electron chi connectivity index (χ1n) is 5.50. The van der Waals surface area contributed by atoms with E-state index in [0.717, 1.165) is 24.3 Å². The fraction of sp³-hybridized carbons (Fsp3) is 0.143. The van der Waals surface area contributed by atoms with Crippen molar-refractivity contribution in [1.29, 1.82) is 0 Å². The summed E-state index contributed by atoms with van der Waals surface area (Å²) >= 11 is 3.28. The Morgan fingerprint density at radius 2 is 1.58 bits per heavy atom. The lowest BCUT2D eigenvalue weighted by atomic mass is 10.0. The number of halogens is 5. The molecule has 2 aromatic rings. The lowest BCUT2D eigenvalue weighted by Gasteiger charge is -2.11. The number of alkyl halides is 1. The van der Waals surface area contributed by atoms with E-state index in [-0.39, 0.29) is 11.2 Å². The summed E-state index contributed by atoms with van der Waals surface area (Å²) in [5.74, 6) is -3.20. The van der Waals surface area contributed by atoms with Gasteiger partial charge in [-0.1, -0.05) is 28.1 Å². The molecule has 0 saturated heterocycles. The Kier molecular flexibility index (Phi) is 4.24. The summed E-state index contributed by atoms with van der Waals surface area (Å²) in [5.41, 5.74) is 0.788.